The van der Waals surface area contributed by atoms with Crippen molar-refractivity contribution in [2.75, 3.05) is 0 Å². The van der Waals surface area contributed by atoms with Crippen molar-refractivity contribution in [3.05, 3.63) is 62.3 Å². The Kier molecular flexibility index (Phi) is 3.74. The third-order valence-electron chi connectivity index (χ3n) is 3.66. The number of pyridine rings is 1. The molecular weight excluding hydrogens is 370 g/mol. The molecule has 2 atom stereocenters. The molecule has 0 saturated carbocycles. The van der Waals surface area contributed by atoms with Gasteiger partial charge in [0.25, 0.3) is 0 Å². The second-order valence-corrected chi connectivity index (χ2v) is 6.57. The molecule has 0 spiro atoms. The Morgan fingerprint density at radius 2 is 2.11 bits per heavy atom. The van der Waals surface area contributed by atoms with Crippen LogP contribution in [0.25, 0.3) is 0 Å². The summed E-state index contributed by atoms with van der Waals surface area (Å²) in [6.45, 7) is 0. The Hall–Kier alpha value is -0.710. The zero-order chi connectivity index (χ0) is 13.4. The highest BCUT2D eigenvalue weighted by molar-refractivity contribution is 9.11. The van der Waals surface area contributed by atoms with Crippen LogP contribution in [-0.2, 0) is 6.42 Å². The van der Waals surface area contributed by atoms with Gasteiger partial charge in [0.15, 0.2) is 0 Å². The van der Waals surface area contributed by atoms with Gasteiger partial charge in [0, 0.05) is 26.8 Å². The molecule has 2 nitrogen and oxygen atoms in total. The summed E-state index contributed by atoms with van der Waals surface area (Å²) < 4.78 is 1.91. The van der Waals surface area contributed by atoms with Crippen LogP contribution in [0.3, 0.4) is 0 Å². The van der Waals surface area contributed by atoms with E-state index in [9.17, 15) is 5.11 Å². The Balaban J connectivity index is 1.97. The van der Waals surface area contributed by atoms with Gasteiger partial charge in [-0.15, -0.1) is 0 Å². The van der Waals surface area contributed by atoms with Crippen molar-refractivity contribution in [3.8, 4) is 0 Å². The first-order valence-electron chi connectivity index (χ1n) is 6.23. The summed E-state index contributed by atoms with van der Waals surface area (Å²) in [5.74, 6) is 0.0850. The Morgan fingerprint density at radius 3 is 2.95 bits per heavy atom. The van der Waals surface area contributed by atoms with E-state index in [1.54, 1.807) is 6.20 Å². The second-order valence-electron chi connectivity index (χ2n) is 4.80. The van der Waals surface area contributed by atoms with Gasteiger partial charge in [-0.1, -0.05) is 37.9 Å². The van der Waals surface area contributed by atoms with Gasteiger partial charge in [0.05, 0.1) is 6.10 Å². The largest absolute Gasteiger partial charge is 0.388 e. The van der Waals surface area contributed by atoms with Crippen LogP contribution >= 0.6 is 31.9 Å². The average molecular weight is 383 g/mol. The molecule has 0 radical (unpaired) electrons. The van der Waals surface area contributed by atoms with Crippen LogP contribution in [0.2, 0.25) is 0 Å². The lowest BCUT2D eigenvalue weighted by atomic mass is 9.93. The molecule has 0 saturated heterocycles. The highest BCUT2D eigenvalue weighted by Gasteiger charge is 2.31. The summed E-state index contributed by atoms with van der Waals surface area (Å²) in [6.07, 6.45) is 3.23. The van der Waals surface area contributed by atoms with Crippen LogP contribution in [0.5, 0.6) is 0 Å². The smallest absolute Gasteiger partial charge is 0.0885 e. The van der Waals surface area contributed by atoms with Crippen LogP contribution in [0.1, 0.15) is 35.3 Å². The van der Waals surface area contributed by atoms with E-state index in [2.05, 4.69) is 42.9 Å². The molecule has 1 N–H and O–H groups in total. The topological polar surface area (TPSA) is 33.1 Å². The van der Waals surface area contributed by atoms with Crippen LogP contribution in [-0.4, -0.2) is 10.1 Å². The quantitative estimate of drug-likeness (QED) is 0.836. The average Bonchev–Trinajstić information content (AvgIpc) is 2.84. The van der Waals surface area contributed by atoms with E-state index < -0.39 is 6.10 Å². The molecule has 0 fully saturated rings. The van der Waals surface area contributed by atoms with Crippen LogP contribution in [0.4, 0.5) is 0 Å². The van der Waals surface area contributed by atoms with Crippen molar-refractivity contribution in [2.45, 2.75) is 24.9 Å². The van der Waals surface area contributed by atoms with Crippen molar-refractivity contribution >= 4 is 31.9 Å². The number of aromatic nitrogens is 1. The molecule has 1 aliphatic carbocycles. The number of halogens is 2. The molecule has 19 heavy (non-hydrogen) atoms. The summed E-state index contributed by atoms with van der Waals surface area (Å²) in [6, 6.07) is 9.95. The van der Waals surface area contributed by atoms with Crippen molar-refractivity contribution in [1.82, 2.24) is 4.98 Å². The van der Waals surface area contributed by atoms with E-state index >= 15 is 0 Å². The van der Waals surface area contributed by atoms with Crippen LogP contribution in [0.15, 0.2) is 45.5 Å². The minimum absolute atomic E-state index is 0.0850. The van der Waals surface area contributed by atoms with E-state index in [1.165, 1.54) is 5.56 Å². The van der Waals surface area contributed by atoms with Gasteiger partial charge < -0.3 is 5.11 Å². The first-order valence-corrected chi connectivity index (χ1v) is 7.82. The number of aliphatic hydroxyl groups is 1. The van der Waals surface area contributed by atoms with Crippen LogP contribution < -0.4 is 0 Å². The Morgan fingerprint density at radius 1 is 1.26 bits per heavy atom. The minimum Gasteiger partial charge on any atom is -0.388 e. The van der Waals surface area contributed by atoms with E-state index in [-0.39, 0.29) is 5.92 Å². The maximum atomic E-state index is 10.7. The maximum Gasteiger partial charge on any atom is 0.0885 e. The van der Waals surface area contributed by atoms with E-state index in [1.807, 2.05) is 24.3 Å². The highest BCUT2D eigenvalue weighted by atomic mass is 79.9. The second kappa shape index (κ2) is 5.35. The highest BCUT2D eigenvalue weighted by Crippen LogP contribution is 2.42. The zero-order valence-electron chi connectivity index (χ0n) is 10.2. The molecule has 2 aromatic rings. The molecule has 98 valence electrons. The minimum atomic E-state index is -0.525. The van der Waals surface area contributed by atoms with Crippen molar-refractivity contribution in [2.24, 2.45) is 0 Å². The molecule has 0 bridgehead atoms. The molecule has 1 aliphatic rings. The lowest BCUT2D eigenvalue weighted by Gasteiger charge is -2.20. The SMILES string of the molecule is OC(c1cc(Br)ccc1Br)C1CCc2cccnc21. The van der Waals surface area contributed by atoms with E-state index in [0.29, 0.717) is 0 Å². The number of fused-ring (bicyclic) bond motifs is 1. The zero-order valence-corrected chi connectivity index (χ0v) is 13.4. The van der Waals surface area contributed by atoms with Crippen molar-refractivity contribution in [1.29, 1.82) is 0 Å². The number of rotatable bonds is 2. The van der Waals surface area contributed by atoms with Gasteiger partial charge in [0.1, 0.15) is 0 Å². The molecule has 4 heteroatoms. The number of aryl methyl sites for hydroxylation is 1. The third-order valence-corrected chi connectivity index (χ3v) is 4.88. The van der Waals surface area contributed by atoms with Gasteiger partial charge in [-0.25, -0.2) is 0 Å². The number of hydrogen-bond acceptors (Lipinski definition) is 2. The fourth-order valence-corrected chi connectivity index (χ4v) is 3.57. The molecule has 1 aromatic heterocycles. The standard InChI is InChI=1S/C15H13Br2NO/c16-10-4-6-13(17)12(8-10)15(19)11-5-3-9-2-1-7-18-14(9)11/h1-2,4,6-8,11,15,19H,3,5H2. The van der Waals surface area contributed by atoms with Crippen LogP contribution in [0, 0.1) is 0 Å². The molecule has 1 aromatic carbocycles. The summed E-state index contributed by atoms with van der Waals surface area (Å²) in [5.41, 5.74) is 3.22. The van der Waals surface area contributed by atoms with Gasteiger partial charge in [-0.05, 0) is 48.2 Å². The van der Waals surface area contributed by atoms with Crippen molar-refractivity contribution < 1.29 is 5.11 Å². The van der Waals surface area contributed by atoms with Gasteiger partial charge in [-0.3, -0.25) is 4.98 Å². The Labute approximate surface area is 129 Å². The molecule has 0 aliphatic heterocycles. The fraction of sp³-hybridized carbons (Fsp3) is 0.267. The predicted octanol–water partition coefficient (Wildman–Crippen LogP) is 4.37. The summed E-state index contributed by atoms with van der Waals surface area (Å²) in [7, 11) is 0. The Bertz CT molecular complexity index is 615. The molecule has 0 amide bonds. The number of aliphatic hydroxyl groups excluding tert-OH is 1. The van der Waals surface area contributed by atoms with Gasteiger partial charge >= 0.3 is 0 Å². The molecule has 1 heterocycles. The number of nitrogens with zero attached hydrogens (tertiary/aromatic N) is 1. The predicted molar refractivity (Wildman–Crippen MR) is 82.1 cm³/mol. The third kappa shape index (κ3) is 2.49. The lowest BCUT2D eigenvalue weighted by molar-refractivity contribution is 0.142. The summed E-state index contributed by atoms with van der Waals surface area (Å²) in [5, 5.41) is 10.7. The normalized spacial score (nSPS) is 19.2. The molecule has 3 rings (SSSR count). The summed E-state index contributed by atoms with van der Waals surface area (Å²) >= 11 is 6.97. The number of hydrogen-bond donors (Lipinski definition) is 1. The monoisotopic (exact) mass is 381 g/mol. The number of benzene rings is 1. The first-order chi connectivity index (χ1) is 9.16. The van der Waals surface area contributed by atoms with Gasteiger partial charge in [0.2, 0.25) is 0 Å². The molecular formula is C15H13Br2NO. The summed E-state index contributed by atoms with van der Waals surface area (Å²) in [4.78, 5) is 4.45. The first kappa shape index (κ1) is 13.3. The van der Waals surface area contributed by atoms with Gasteiger partial charge in [-0.2, -0.15) is 0 Å². The fourth-order valence-electron chi connectivity index (χ4n) is 2.71. The maximum absolute atomic E-state index is 10.7. The molecule has 2 unspecified atom stereocenters. The van der Waals surface area contributed by atoms with E-state index in [4.69, 9.17) is 0 Å². The van der Waals surface area contributed by atoms with Crippen molar-refractivity contribution in [3.63, 3.8) is 0 Å². The van der Waals surface area contributed by atoms with E-state index in [0.717, 1.165) is 33.0 Å². The lowest BCUT2D eigenvalue weighted by Crippen LogP contribution is -2.10.